The number of halogens is 2. The predicted molar refractivity (Wildman–Crippen MR) is 139 cm³/mol. The Balaban J connectivity index is 1.44. The van der Waals surface area contributed by atoms with Crippen molar-refractivity contribution in [2.75, 3.05) is 6.54 Å². The molecule has 1 amide bonds. The number of tetrazole rings is 1. The molecule has 0 aliphatic rings. The van der Waals surface area contributed by atoms with Crippen molar-refractivity contribution >= 4 is 5.91 Å². The molecular formula is C28H30F2N6O2. The minimum Gasteiger partial charge on any atom is -0.390 e. The van der Waals surface area contributed by atoms with Crippen molar-refractivity contribution in [2.24, 2.45) is 0 Å². The molecule has 0 saturated carbocycles. The number of carbonyl (C=O) groups is 1. The summed E-state index contributed by atoms with van der Waals surface area (Å²) in [6.45, 7) is 2.55. The van der Waals surface area contributed by atoms with Crippen LogP contribution in [-0.4, -0.2) is 49.9 Å². The topological polar surface area (TPSA) is 105 Å². The molecule has 0 bridgehead atoms. The molecule has 38 heavy (non-hydrogen) atoms. The highest BCUT2D eigenvalue weighted by Crippen LogP contribution is 2.15. The molecular weight excluding hydrogens is 490 g/mol. The average molecular weight is 521 g/mol. The third-order valence-corrected chi connectivity index (χ3v) is 6.13. The fraction of sp³-hybridized carbons (Fsp3) is 0.286. The number of aryl methyl sites for hydroxylation is 1. The summed E-state index contributed by atoms with van der Waals surface area (Å²) in [7, 11) is 0. The van der Waals surface area contributed by atoms with Gasteiger partial charge in [0.2, 0.25) is 5.91 Å². The molecule has 0 aliphatic heterocycles. The van der Waals surface area contributed by atoms with Crippen molar-refractivity contribution in [3.05, 3.63) is 101 Å². The Morgan fingerprint density at radius 3 is 2.45 bits per heavy atom. The quantitative estimate of drug-likeness (QED) is 0.265. The normalized spacial score (nSPS) is 12.7. The lowest BCUT2D eigenvalue weighted by Gasteiger charge is -2.25. The molecule has 0 fully saturated rings. The minimum atomic E-state index is -1.04. The SMILES string of the molecule is CCc1cccc(CNC[C@@H](O)[C@H](Cc2cc(F)cc(F)c2)NC(=O)Cn2nnnc2-c2ccccc2)c1. The maximum atomic E-state index is 13.8. The molecule has 3 aromatic carbocycles. The first kappa shape index (κ1) is 27.0. The van der Waals surface area contributed by atoms with E-state index in [9.17, 15) is 18.7 Å². The summed E-state index contributed by atoms with van der Waals surface area (Å²) in [5.74, 6) is -1.49. The van der Waals surface area contributed by atoms with Gasteiger partial charge in [-0.1, -0.05) is 61.5 Å². The van der Waals surface area contributed by atoms with Gasteiger partial charge in [0.15, 0.2) is 5.82 Å². The molecule has 0 saturated heterocycles. The van der Waals surface area contributed by atoms with Gasteiger partial charge in [-0.15, -0.1) is 5.10 Å². The summed E-state index contributed by atoms with van der Waals surface area (Å²) in [6, 6.07) is 19.6. The molecule has 0 radical (unpaired) electrons. The lowest BCUT2D eigenvalue weighted by Crippen LogP contribution is -2.49. The molecule has 198 valence electrons. The molecule has 4 aromatic rings. The first-order valence-corrected chi connectivity index (χ1v) is 12.4. The summed E-state index contributed by atoms with van der Waals surface area (Å²) in [5.41, 5.74) is 3.33. The van der Waals surface area contributed by atoms with E-state index >= 15 is 0 Å². The van der Waals surface area contributed by atoms with Crippen LogP contribution in [0.1, 0.15) is 23.6 Å². The third kappa shape index (κ3) is 7.50. The molecule has 0 aliphatic carbocycles. The maximum Gasteiger partial charge on any atom is 0.242 e. The van der Waals surface area contributed by atoms with Crippen molar-refractivity contribution in [2.45, 2.75) is 45.0 Å². The van der Waals surface area contributed by atoms with Gasteiger partial charge in [-0.25, -0.2) is 13.5 Å². The van der Waals surface area contributed by atoms with Crippen molar-refractivity contribution in [1.29, 1.82) is 0 Å². The number of aromatic nitrogens is 4. The van der Waals surface area contributed by atoms with Gasteiger partial charge in [0.25, 0.3) is 0 Å². The van der Waals surface area contributed by atoms with E-state index in [1.807, 2.05) is 42.5 Å². The highest BCUT2D eigenvalue weighted by atomic mass is 19.1. The van der Waals surface area contributed by atoms with Crippen LogP contribution in [0.3, 0.4) is 0 Å². The van der Waals surface area contributed by atoms with E-state index in [1.54, 1.807) is 0 Å². The zero-order chi connectivity index (χ0) is 26.9. The molecule has 4 rings (SSSR count). The van der Waals surface area contributed by atoms with Crippen LogP contribution >= 0.6 is 0 Å². The Morgan fingerprint density at radius 2 is 1.71 bits per heavy atom. The number of hydrogen-bond acceptors (Lipinski definition) is 6. The highest BCUT2D eigenvalue weighted by Gasteiger charge is 2.23. The second-order valence-electron chi connectivity index (χ2n) is 9.05. The van der Waals surface area contributed by atoms with Crippen LogP contribution in [0.4, 0.5) is 8.78 Å². The van der Waals surface area contributed by atoms with Gasteiger partial charge < -0.3 is 15.7 Å². The molecule has 3 N–H and O–H groups in total. The van der Waals surface area contributed by atoms with E-state index in [1.165, 1.54) is 22.4 Å². The largest absolute Gasteiger partial charge is 0.390 e. The number of rotatable bonds is 12. The average Bonchev–Trinajstić information content (AvgIpc) is 3.36. The van der Waals surface area contributed by atoms with Gasteiger partial charge in [-0.05, 0) is 52.1 Å². The van der Waals surface area contributed by atoms with Crippen LogP contribution in [0.2, 0.25) is 0 Å². The summed E-state index contributed by atoms with van der Waals surface area (Å²) in [4.78, 5) is 13.0. The zero-order valence-electron chi connectivity index (χ0n) is 21.0. The zero-order valence-corrected chi connectivity index (χ0v) is 21.0. The Hall–Kier alpha value is -4.02. The summed E-state index contributed by atoms with van der Waals surface area (Å²) in [6.07, 6.45) is -0.0975. The van der Waals surface area contributed by atoms with Crippen LogP contribution in [-0.2, 0) is 30.7 Å². The number of amides is 1. The Kier molecular flexibility index (Phi) is 9.23. The van der Waals surface area contributed by atoms with Crippen LogP contribution in [0.5, 0.6) is 0 Å². The van der Waals surface area contributed by atoms with Gasteiger partial charge >= 0.3 is 0 Å². The van der Waals surface area contributed by atoms with Crippen molar-refractivity contribution in [1.82, 2.24) is 30.8 Å². The summed E-state index contributed by atoms with van der Waals surface area (Å²) in [5, 5.41) is 28.6. The Morgan fingerprint density at radius 1 is 0.974 bits per heavy atom. The number of nitrogens with zero attached hydrogens (tertiary/aromatic N) is 4. The molecule has 2 atom stereocenters. The van der Waals surface area contributed by atoms with E-state index in [0.29, 0.717) is 17.9 Å². The summed E-state index contributed by atoms with van der Waals surface area (Å²) < 4.78 is 29.0. The molecule has 8 nitrogen and oxygen atoms in total. The monoisotopic (exact) mass is 520 g/mol. The van der Waals surface area contributed by atoms with Crippen LogP contribution in [0.25, 0.3) is 11.4 Å². The lowest BCUT2D eigenvalue weighted by molar-refractivity contribution is -0.123. The van der Waals surface area contributed by atoms with Gasteiger partial charge in [0.1, 0.15) is 18.2 Å². The Labute approximate surface area is 219 Å². The molecule has 10 heteroatoms. The molecule has 0 unspecified atom stereocenters. The van der Waals surface area contributed by atoms with Crippen molar-refractivity contribution < 1.29 is 18.7 Å². The van der Waals surface area contributed by atoms with Crippen molar-refractivity contribution in [3.8, 4) is 11.4 Å². The first-order valence-electron chi connectivity index (χ1n) is 12.4. The van der Waals surface area contributed by atoms with Crippen LogP contribution in [0, 0.1) is 11.6 Å². The molecule has 1 aromatic heterocycles. The summed E-state index contributed by atoms with van der Waals surface area (Å²) >= 11 is 0. The fourth-order valence-electron chi connectivity index (χ4n) is 4.23. The number of aliphatic hydroxyl groups is 1. The van der Waals surface area contributed by atoms with E-state index in [0.717, 1.165) is 23.6 Å². The van der Waals surface area contributed by atoms with Crippen molar-refractivity contribution in [3.63, 3.8) is 0 Å². The standard InChI is InChI=1S/C28H30F2N6O2/c1-2-19-7-6-8-20(11-19)16-31-17-26(37)25(14-21-12-23(29)15-24(30)13-21)32-27(38)18-36-28(33-34-35-36)22-9-4-3-5-10-22/h3-13,15,25-26,31,37H,2,14,16-18H2,1H3,(H,32,38)/t25-,26+/m0/s1. The highest BCUT2D eigenvalue weighted by molar-refractivity contribution is 5.76. The molecule has 1 heterocycles. The lowest BCUT2D eigenvalue weighted by atomic mass is 10.0. The minimum absolute atomic E-state index is 0.0235. The molecule has 0 spiro atoms. The van der Waals surface area contributed by atoms with Gasteiger partial charge in [0.05, 0.1) is 12.1 Å². The van der Waals surface area contributed by atoms with E-state index in [4.69, 9.17) is 0 Å². The number of aliphatic hydroxyl groups excluding tert-OH is 1. The van der Waals surface area contributed by atoms with Gasteiger partial charge in [-0.3, -0.25) is 4.79 Å². The first-order chi connectivity index (χ1) is 18.4. The Bertz CT molecular complexity index is 1330. The van der Waals surface area contributed by atoms with Crippen LogP contribution in [0.15, 0.2) is 72.8 Å². The second kappa shape index (κ2) is 13.0. The number of carbonyl (C=O) groups excluding carboxylic acids is 1. The third-order valence-electron chi connectivity index (χ3n) is 6.13. The van der Waals surface area contributed by atoms with E-state index < -0.39 is 29.7 Å². The van der Waals surface area contributed by atoms with E-state index in [-0.39, 0.29) is 19.5 Å². The predicted octanol–water partition coefficient (Wildman–Crippen LogP) is 3.06. The smallest absolute Gasteiger partial charge is 0.242 e. The number of hydrogen-bond donors (Lipinski definition) is 3. The number of nitrogens with one attached hydrogen (secondary N) is 2. The maximum absolute atomic E-state index is 13.8. The second-order valence-corrected chi connectivity index (χ2v) is 9.05. The fourth-order valence-corrected chi connectivity index (χ4v) is 4.23. The van der Waals surface area contributed by atoms with Gasteiger partial charge in [0, 0.05) is 24.7 Å². The number of benzene rings is 3. The van der Waals surface area contributed by atoms with Gasteiger partial charge in [-0.2, -0.15) is 0 Å². The van der Waals surface area contributed by atoms with Crippen LogP contribution < -0.4 is 10.6 Å². The van der Waals surface area contributed by atoms with E-state index in [2.05, 4.69) is 45.2 Å².